The van der Waals surface area contributed by atoms with Gasteiger partial charge in [0.15, 0.2) is 23.0 Å². The molecule has 156 valence electrons. The van der Waals surface area contributed by atoms with Gasteiger partial charge in [-0.3, -0.25) is 4.48 Å². The zero-order chi connectivity index (χ0) is 21.2. The first-order chi connectivity index (χ1) is 13.9. The fraction of sp³-hybridized carbons (Fsp3) is 0.391. The summed E-state index contributed by atoms with van der Waals surface area (Å²) in [6, 6.07) is 8.07. The van der Waals surface area contributed by atoms with Crippen LogP contribution in [-0.4, -0.2) is 60.7 Å². The van der Waals surface area contributed by atoms with Gasteiger partial charge in [-0.2, -0.15) is 0 Å². The van der Waals surface area contributed by atoms with Crippen LogP contribution in [0.15, 0.2) is 24.3 Å². The van der Waals surface area contributed by atoms with Crippen molar-refractivity contribution in [3.63, 3.8) is 0 Å². The lowest BCUT2D eigenvalue weighted by Gasteiger charge is -2.37. The van der Waals surface area contributed by atoms with Crippen molar-refractivity contribution in [3.05, 3.63) is 41.0 Å². The van der Waals surface area contributed by atoms with Crippen LogP contribution in [0.1, 0.15) is 16.7 Å². The van der Waals surface area contributed by atoms with Gasteiger partial charge in [0.2, 0.25) is 5.75 Å². The second-order valence-corrected chi connectivity index (χ2v) is 7.51. The fourth-order valence-electron chi connectivity index (χ4n) is 3.81. The van der Waals surface area contributed by atoms with Gasteiger partial charge in [0, 0.05) is 18.1 Å². The molecule has 0 atom stereocenters. The monoisotopic (exact) mass is 400 g/mol. The molecule has 0 aliphatic carbocycles. The molecular weight excluding hydrogens is 370 g/mol. The summed E-state index contributed by atoms with van der Waals surface area (Å²) in [7, 11) is 12.6. The third kappa shape index (κ3) is 3.85. The van der Waals surface area contributed by atoms with Gasteiger partial charge in [-0.05, 0) is 35.4 Å². The summed E-state index contributed by atoms with van der Waals surface area (Å²) in [5, 5.41) is 0. The van der Waals surface area contributed by atoms with Crippen molar-refractivity contribution in [3.8, 4) is 28.7 Å². The predicted octanol–water partition coefficient (Wildman–Crippen LogP) is 3.86. The van der Waals surface area contributed by atoms with Crippen LogP contribution in [0.2, 0.25) is 0 Å². The summed E-state index contributed by atoms with van der Waals surface area (Å²) >= 11 is 0. The van der Waals surface area contributed by atoms with E-state index in [1.807, 2.05) is 12.1 Å². The van der Waals surface area contributed by atoms with E-state index in [0.29, 0.717) is 17.2 Å². The van der Waals surface area contributed by atoms with Crippen molar-refractivity contribution in [2.45, 2.75) is 6.42 Å². The third-order valence-electron chi connectivity index (χ3n) is 5.47. The van der Waals surface area contributed by atoms with Gasteiger partial charge in [-0.1, -0.05) is 0 Å². The highest BCUT2D eigenvalue weighted by Gasteiger charge is 2.32. The molecule has 6 heteroatoms. The van der Waals surface area contributed by atoms with Crippen molar-refractivity contribution in [2.75, 3.05) is 56.2 Å². The van der Waals surface area contributed by atoms with Gasteiger partial charge in [0.25, 0.3) is 0 Å². The first-order valence-electron chi connectivity index (χ1n) is 9.49. The largest absolute Gasteiger partial charge is 0.493 e. The van der Waals surface area contributed by atoms with Gasteiger partial charge in [0.1, 0.15) is 5.70 Å². The van der Waals surface area contributed by atoms with Gasteiger partial charge in [-0.25, -0.2) is 0 Å². The third-order valence-corrected chi connectivity index (χ3v) is 5.47. The van der Waals surface area contributed by atoms with Gasteiger partial charge >= 0.3 is 0 Å². The Balaban J connectivity index is 2.21. The van der Waals surface area contributed by atoms with Gasteiger partial charge in [0.05, 0.1) is 56.2 Å². The summed E-state index contributed by atoms with van der Waals surface area (Å²) in [6.45, 7) is 0.985. The lowest BCUT2D eigenvalue weighted by atomic mass is 9.93. The summed E-state index contributed by atoms with van der Waals surface area (Å²) in [5.41, 5.74) is 4.57. The molecule has 0 spiro atoms. The molecule has 2 aromatic rings. The molecule has 0 amide bonds. The number of fused-ring (bicyclic) bond motifs is 1. The molecule has 29 heavy (non-hydrogen) atoms. The molecule has 3 rings (SSSR count). The molecule has 0 unspecified atom stereocenters. The minimum Gasteiger partial charge on any atom is -0.493 e. The van der Waals surface area contributed by atoms with E-state index < -0.39 is 0 Å². The average molecular weight is 400 g/mol. The molecule has 1 aliphatic rings. The van der Waals surface area contributed by atoms with Crippen molar-refractivity contribution in [1.82, 2.24) is 0 Å². The van der Waals surface area contributed by atoms with Crippen LogP contribution in [0.5, 0.6) is 28.7 Å². The first kappa shape index (κ1) is 20.9. The van der Waals surface area contributed by atoms with Crippen LogP contribution in [0, 0.1) is 0 Å². The second kappa shape index (κ2) is 8.25. The molecule has 2 aromatic carbocycles. The smallest absolute Gasteiger partial charge is 0.203 e. The van der Waals surface area contributed by atoms with Crippen LogP contribution >= 0.6 is 0 Å². The maximum atomic E-state index is 5.56. The quantitative estimate of drug-likeness (QED) is 0.689. The van der Waals surface area contributed by atoms with Crippen LogP contribution < -0.4 is 23.7 Å². The Labute approximate surface area is 172 Å². The molecular formula is C23H30NO5+. The van der Waals surface area contributed by atoms with Gasteiger partial charge < -0.3 is 23.7 Å². The highest BCUT2D eigenvalue weighted by molar-refractivity contribution is 5.81. The van der Waals surface area contributed by atoms with Gasteiger partial charge in [-0.15, -0.1) is 0 Å². The normalized spacial score (nSPS) is 16.2. The lowest BCUT2D eigenvalue weighted by molar-refractivity contribution is -0.819. The average Bonchev–Trinajstić information content (AvgIpc) is 2.73. The number of rotatable bonds is 6. The zero-order valence-corrected chi connectivity index (χ0v) is 18.3. The Morgan fingerprint density at radius 3 is 1.79 bits per heavy atom. The summed E-state index contributed by atoms with van der Waals surface area (Å²) in [6.07, 6.45) is 3.14. The Bertz CT molecular complexity index is 908. The molecule has 0 radical (unpaired) electrons. The van der Waals surface area contributed by atoms with E-state index in [9.17, 15) is 0 Å². The van der Waals surface area contributed by atoms with Crippen LogP contribution in [0.4, 0.5) is 0 Å². The molecule has 1 aliphatic heterocycles. The Kier molecular flexibility index (Phi) is 5.94. The Hall–Kier alpha value is -2.86. The number of nitrogens with zero attached hydrogens (tertiary/aromatic N) is 1. The van der Waals surface area contributed by atoms with E-state index in [1.165, 1.54) is 11.3 Å². The van der Waals surface area contributed by atoms with Crippen LogP contribution in [0.3, 0.4) is 0 Å². The summed E-state index contributed by atoms with van der Waals surface area (Å²) in [4.78, 5) is 0. The summed E-state index contributed by atoms with van der Waals surface area (Å²) < 4.78 is 28.3. The number of benzene rings is 2. The van der Waals surface area contributed by atoms with E-state index in [0.717, 1.165) is 40.1 Å². The molecule has 1 heterocycles. The second-order valence-electron chi connectivity index (χ2n) is 7.51. The van der Waals surface area contributed by atoms with Crippen molar-refractivity contribution in [1.29, 1.82) is 0 Å². The minimum atomic E-state index is 0.585. The molecule has 0 saturated carbocycles. The highest BCUT2D eigenvalue weighted by Crippen LogP contribution is 2.42. The number of likely N-dealkylation sites (N-methyl/N-ethyl adjacent to an activating group) is 1. The number of ether oxygens (including phenoxy) is 5. The predicted molar refractivity (Wildman–Crippen MR) is 114 cm³/mol. The fourth-order valence-corrected chi connectivity index (χ4v) is 3.81. The number of methoxy groups -OCH3 is 5. The Morgan fingerprint density at radius 1 is 0.724 bits per heavy atom. The maximum Gasteiger partial charge on any atom is 0.203 e. The molecule has 0 fully saturated rings. The number of hydrogen-bond donors (Lipinski definition) is 0. The zero-order valence-electron chi connectivity index (χ0n) is 18.3. The minimum absolute atomic E-state index is 0.585. The van der Waals surface area contributed by atoms with Crippen molar-refractivity contribution < 1.29 is 28.2 Å². The first-order valence-corrected chi connectivity index (χ1v) is 9.49. The van der Waals surface area contributed by atoms with Crippen LogP contribution in [-0.2, 0) is 6.42 Å². The summed E-state index contributed by atoms with van der Waals surface area (Å²) in [5.74, 6) is 3.33. The Morgan fingerprint density at radius 2 is 1.28 bits per heavy atom. The van der Waals surface area contributed by atoms with E-state index in [-0.39, 0.29) is 0 Å². The molecule has 0 saturated heterocycles. The van der Waals surface area contributed by atoms with Crippen LogP contribution in [0.25, 0.3) is 11.8 Å². The van der Waals surface area contributed by atoms with E-state index >= 15 is 0 Å². The molecule has 0 aromatic heterocycles. The van der Waals surface area contributed by atoms with E-state index in [1.54, 1.807) is 35.5 Å². The van der Waals surface area contributed by atoms with E-state index in [4.69, 9.17) is 23.7 Å². The topological polar surface area (TPSA) is 46.2 Å². The SMILES string of the molecule is COc1cc2c(cc1OC)C(=Cc1cc(OC)c(OC)c(OC)c1)[N+](C)(C)CC2. The molecule has 0 bridgehead atoms. The highest BCUT2D eigenvalue weighted by atomic mass is 16.5. The molecule has 0 N–H and O–H groups in total. The maximum absolute atomic E-state index is 5.56. The number of hydrogen-bond acceptors (Lipinski definition) is 5. The lowest BCUT2D eigenvalue weighted by Crippen LogP contribution is -2.42. The number of quaternary nitrogens is 1. The van der Waals surface area contributed by atoms with Crippen molar-refractivity contribution >= 4 is 11.8 Å². The van der Waals surface area contributed by atoms with Crippen molar-refractivity contribution in [2.24, 2.45) is 0 Å². The molecule has 6 nitrogen and oxygen atoms in total. The standard InChI is InChI=1S/C23H30NO5/c1-24(2)9-8-16-13-19(25-3)20(26-4)14-17(16)18(24)10-15-11-21(27-5)23(29-7)22(12-15)28-6/h10-14H,8-9H2,1-7H3/q+1. The van der Waals surface area contributed by atoms with E-state index in [2.05, 4.69) is 32.3 Å².